The monoisotopic (exact) mass is 600 g/mol. The van der Waals surface area contributed by atoms with Crippen LogP contribution in [0, 0.1) is 18.5 Å². The number of nitrogens with zero attached hydrogens (tertiary/aromatic N) is 2. The SMILES string of the molecule is N#C/C(=C\c1ccccc1)C(=O)N1Cc2c(cc(I)c(O)c2I)C[C@H]1C(=O)O. The number of aliphatic carboxylic acids is 1. The standard InChI is InChI=1S/C20H14I2N2O4/c21-15-7-12-8-16(20(27)28)24(10-14(12)17(22)18(15)25)19(26)13(9-23)6-11-4-2-1-3-5-11/h1-7,16,25H,8,10H2,(H,27,28)/b13-6+/t16-/m0/s1. The summed E-state index contributed by atoms with van der Waals surface area (Å²) >= 11 is 3.99. The molecule has 0 unspecified atom stereocenters. The van der Waals surface area contributed by atoms with Crippen molar-refractivity contribution in [2.24, 2.45) is 0 Å². The predicted molar refractivity (Wildman–Crippen MR) is 119 cm³/mol. The van der Waals surface area contributed by atoms with E-state index in [1.54, 1.807) is 30.3 Å². The third kappa shape index (κ3) is 4.00. The van der Waals surface area contributed by atoms with Gasteiger partial charge in [-0.15, -0.1) is 0 Å². The molecule has 1 atom stereocenters. The summed E-state index contributed by atoms with van der Waals surface area (Å²) in [5, 5.41) is 29.4. The molecule has 6 nitrogen and oxygen atoms in total. The van der Waals surface area contributed by atoms with Gasteiger partial charge in [0.25, 0.3) is 5.91 Å². The van der Waals surface area contributed by atoms with Gasteiger partial charge in [-0.05, 0) is 74.0 Å². The summed E-state index contributed by atoms with van der Waals surface area (Å²) in [6.45, 7) is 0.0156. The van der Waals surface area contributed by atoms with Gasteiger partial charge in [0, 0.05) is 13.0 Å². The summed E-state index contributed by atoms with van der Waals surface area (Å²) in [5.74, 6) is -1.66. The lowest BCUT2D eigenvalue weighted by Crippen LogP contribution is -2.49. The Balaban J connectivity index is 2.03. The summed E-state index contributed by atoms with van der Waals surface area (Å²) < 4.78 is 1.22. The lowest BCUT2D eigenvalue weighted by atomic mass is 9.93. The molecule has 1 heterocycles. The molecule has 3 rings (SSSR count). The molecule has 1 amide bonds. The van der Waals surface area contributed by atoms with E-state index in [1.807, 2.05) is 57.3 Å². The quantitative estimate of drug-likeness (QED) is 0.319. The summed E-state index contributed by atoms with van der Waals surface area (Å²) in [6, 6.07) is 11.5. The Morgan fingerprint density at radius 2 is 1.93 bits per heavy atom. The van der Waals surface area contributed by atoms with Crippen LogP contribution in [0.5, 0.6) is 5.75 Å². The van der Waals surface area contributed by atoms with Crippen LogP contribution in [0.4, 0.5) is 0 Å². The second-order valence-corrected chi connectivity index (χ2v) is 8.47. The molecule has 2 N–H and O–H groups in total. The first-order valence-corrected chi connectivity index (χ1v) is 10.4. The van der Waals surface area contributed by atoms with Gasteiger partial charge in [0.2, 0.25) is 0 Å². The van der Waals surface area contributed by atoms with E-state index in [1.165, 1.54) is 11.0 Å². The van der Waals surface area contributed by atoms with Gasteiger partial charge in [0.05, 0.1) is 7.14 Å². The number of carbonyl (C=O) groups is 2. The zero-order valence-electron chi connectivity index (χ0n) is 14.4. The number of fused-ring (bicyclic) bond motifs is 1. The maximum absolute atomic E-state index is 13.0. The summed E-state index contributed by atoms with van der Waals surface area (Å²) in [4.78, 5) is 26.1. The maximum Gasteiger partial charge on any atom is 0.326 e. The van der Waals surface area contributed by atoms with Crippen LogP contribution in [0.2, 0.25) is 0 Å². The van der Waals surface area contributed by atoms with E-state index >= 15 is 0 Å². The van der Waals surface area contributed by atoms with E-state index < -0.39 is 17.9 Å². The lowest BCUT2D eigenvalue weighted by molar-refractivity contribution is -0.149. The van der Waals surface area contributed by atoms with Gasteiger partial charge < -0.3 is 15.1 Å². The van der Waals surface area contributed by atoms with Gasteiger partial charge in [-0.1, -0.05) is 30.3 Å². The highest BCUT2D eigenvalue weighted by molar-refractivity contribution is 14.1. The Morgan fingerprint density at radius 1 is 1.25 bits per heavy atom. The zero-order valence-corrected chi connectivity index (χ0v) is 18.7. The van der Waals surface area contributed by atoms with Crippen LogP contribution in [-0.4, -0.2) is 33.0 Å². The first-order chi connectivity index (χ1) is 13.3. The van der Waals surface area contributed by atoms with Gasteiger partial charge in [-0.25, -0.2) is 4.79 Å². The first kappa shape index (κ1) is 20.6. The van der Waals surface area contributed by atoms with Crippen molar-refractivity contribution in [3.63, 3.8) is 0 Å². The molecule has 28 heavy (non-hydrogen) atoms. The van der Waals surface area contributed by atoms with Crippen molar-refractivity contribution in [3.8, 4) is 11.8 Å². The molecule has 0 aliphatic carbocycles. The normalized spacial score (nSPS) is 16.2. The third-order valence-corrected chi connectivity index (χ3v) is 6.50. The van der Waals surface area contributed by atoms with Gasteiger partial charge in [0.1, 0.15) is 23.4 Å². The van der Waals surface area contributed by atoms with Crippen molar-refractivity contribution in [1.82, 2.24) is 4.90 Å². The molecule has 142 valence electrons. The number of carboxylic acids is 1. The number of hydrogen-bond donors (Lipinski definition) is 2. The number of hydrogen-bond acceptors (Lipinski definition) is 4. The van der Waals surface area contributed by atoms with Crippen LogP contribution >= 0.6 is 45.2 Å². The van der Waals surface area contributed by atoms with Crippen LogP contribution < -0.4 is 0 Å². The second-order valence-electron chi connectivity index (χ2n) is 6.23. The molecule has 2 aromatic rings. The van der Waals surface area contributed by atoms with Crippen molar-refractivity contribution < 1.29 is 19.8 Å². The van der Waals surface area contributed by atoms with Crippen LogP contribution in [0.1, 0.15) is 16.7 Å². The first-order valence-electron chi connectivity index (χ1n) is 8.22. The van der Waals surface area contributed by atoms with Crippen LogP contribution in [0.3, 0.4) is 0 Å². The van der Waals surface area contributed by atoms with E-state index in [0.717, 1.165) is 5.56 Å². The molecular formula is C20H14I2N2O4. The average Bonchev–Trinajstić information content (AvgIpc) is 2.69. The van der Waals surface area contributed by atoms with Gasteiger partial charge >= 0.3 is 5.97 Å². The largest absolute Gasteiger partial charge is 0.506 e. The zero-order chi connectivity index (χ0) is 20.4. The summed E-state index contributed by atoms with van der Waals surface area (Å²) in [7, 11) is 0. The van der Waals surface area contributed by atoms with Crippen LogP contribution in [-0.2, 0) is 22.6 Å². The number of nitriles is 1. The maximum atomic E-state index is 13.0. The van der Waals surface area contributed by atoms with Crippen molar-refractivity contribution in [3.05, 3.63) is 65.8 Å². The number of benzene rings is 2. The van der Waals surface area contributed by atoms with Crippen molar-refractivity contribution in [1.29, 1.82) is 5.26 Å². The molecule has 0 saturated carbocycles. The highest BCUT2D eigenvalue weighted by atomic mass is 127. The number of carbonyl (C=O) groups excluding carboxylic acids is 1. The fraction of sp³-hybridized carbons (Fsp3) is 0.150. The molecule has 8 heteroatoms. The second kappa shape index (κ2) is 8.48. The number of phenols is 1. The Labute approximate surface area is 188 Å². The number of amides is 1. The molecule has 1 aliphatic rings. The molecule has 0 radical (unpaired) electrons. The Kier molecular flexibility index (Phi) is 6.24. The van der Waals surface area contributed by atoms with E-state index in [2.05, 4.69) is 0 Å². The molecule has 0 bridgehead atoms. The van der Waals surface area contributed by atoms with E-state index in [4.69, 9.17) is 0 Å². The fourth-order valence-corrected chi connectivity index (χ4v) is 5.06. The number of carboxylic acid groups (broad SMARTS) is 1. The number of halogens is 2. The minimum absolute atomic E-state index is 0.0156. The smallest absolute Gasteiger partial charge is 0.326 e. The summed E-state index contributed by atoms with van der Waals surface area (Å²) in [6.07, 6.45) is 1.57. The minimum atomic E-state index is -1.13. The topological polar surface area (TPSA) is 102 Å². The molecule has 2 aromatic carbocycles. The lowest BCUT2D eigenvalue weighted by Gasteiger charge is -2.35. The van der Waals surface area contributed by atoms with Crippen molar-refractivity contribution >= 4 is 63.1 Å². The van der Waals surface area contributed by atoms with E-state index in [-0.39, 0.29) is 24.3 Å². The van der Waals surface area contributed by atoms with Gasteiger partial charge in [-0.3, -0.25) is 4.79 Å². The molecule has 0 fully saturated rings. The average molecular weight is 600 g/mol. The number of rotatable bonds is 3. The molecule has 0 saturated heterocycles. The van der Waals surface area contributed by atoms with Crippen LogP contribution in [0.15, 0.2) is 42.0 Å². The molecule has 1 aliphatic heterocycles. The summed E-state index contributed by atoms with van der Waals surface area (Å²) in [5.41, 5.74) is 2.04. The Hall–Kier alpha value is -2.13. The van der Waals surface area contributed by atoms with E-state index in [0.29, 0.717) is 18.3 Å². The molecule has 0 spiro atoms. The minimum Gasteiger partial charge on any atom is -0.506 e. The number of phenolic OH excluding ortho intramolecular Hbond substituents is 1. The van der Waals surface area contributed by atoms with Crippen LogP contribution in [0.25, 0.3) is 6.08 Å². The van der Waals surface area contributed by atoms with Gasteiger partial charge in [-0.2, -0.15) is 5.26 Å². The van der Waals surface area contributed by atoms with E-state index in [9.17, 15) is 25.1 Å². The predicted octanol–water partition coefficient (Wildman–Crippen LogP) is 3.55. The highest BCUT2D eigenvalue weighted by Gasteiger charge is 2.37. The number of aromatic hydroxyl groups is 1. The molecule has 0 aromatic heterocycles. The Morgan fingerprint density at radius 3 is 2.54 bits per heavy atom. The Bertz CT molecular complexity index is 1030. The third-order valence-electron chi connectivity index (χ3n) is 4.51. The van der Waals surface area contributed by atoms with Crippen molar-refractivity contribution in [2.45, 2.75) is 19.0 Å². The molecular weight excluding hydrogens is 586 g/mol. The highest BCUT2D eigenvalue weighted by Crippen LogP contribution is 2.36. The van der Waals surface area contributed by atoms with Gasteiger partial charge in [0.15, 0.2) is 0 Å². The fourth-order valence-electron chi connectivity index (χ4n) is 3.10. The van der Waals surface area contributed by atoms with Crippen molar-refractivity contribution in [2.75, 3.05) is 0 Å².